The summed E-state index contributed by atoms with van der Waals surface area (Å²) in [6.07, 6.45) is 9.41. The molecule has 0 saturated heterocycles. The van der Waals surface area contributed by atoms with Gasteiger partial charge in [0.25, 0.3) is 11.6 Å². The highest BCUT2D eigenvalue weighted by molar-refractivity contribution is 6.04. The van der Waals surface area contributed by atoms with Crippen LogP contribution in [0, 0.1) is 27.9 Å². The van der Waals surface area contributed by atoms with E-state index in [4.69, 9.17) is 24.2 Å². The number of nitrogens with zero attached hydrogens (tertiary/aromatic N) is 3. The molecule has 1 aliphatic heterocycles. The van der Waals surface area contributed by atoms with E-state index in [2.05, 4.69) is 19.6 Å². The second-order valence-corrected chi connectivity index (χ2v) is 17.9. The zero-order valence-corrected chi connectivity index (χ0v) is 36.9. The molecule has 0 radical (unpaired) electrons. The van der Waals surface area contributed by atoms with E-state index in [0.29, 0.717) is 54.3 Å². The number of nitro groups is 1. The molecule has 12 nitrogen and oxygen atoms in total. The highest BCUT2D eigenvalue weighted by Crippen LogP contribution is 2.62. The molecule has 63 heavy (non-hydrogen) atoms. The lowest BCUT2D eigenvalue weighted by molar-refractivity contribution is -0.384. The van der Waals surface area contributed by atoms with Crippen molar-refractivity contribution in [3.63, 3.8) is 0 Å². The Kier molecular flexibility index (Phi) is 14.3. The highest BCUT2D eigenvalue weighted by atomic mass is 16.7. The quantitative estimate of drug-likeness (QED) is 0.0406. The van der Waals surface area contributed by atoms with Crippen LogP contribution in [-0.2, 0) is 9.57 Å². The third kappa shape index (κ3) is 9.83. The van der Waals surface area contributed by atoms with E-state index >= 15 is 4.79 Å². The summed E-state index contributed by atoms with van der Waals surface area (Å²) in [5.74, 6) is -0.915. The van der Waals surface area contributed by atoms with Crippen molar-refractivity contribution in [1.82, 2.24) is 4.90 Å². The standard InChI is InChI=1S/C51H61N3O9/c1-6-25-53(49(57)37-22-21-34-15-8-9-16-35(34)29-37)46-33-44(52-63-50(3,4)5)42-30-36(17-10-12-26-55)41(20-11-13-27-56)47-43-32-40(61-39-19-14-18-38(31-39)54(58)59)23-24-45(43)62-51(46,48(42)47)60-28-7-2/h7-9,14-16,18-19,21-24,29-32,36,41,46-48,55-56H,2,6,10-13,17,20,25-28,33H2,1,3-5H3/t36-,41+,46-,47+,48+,51+/m0/s1. The van der Waals surface area contributed by atoms with Crippen LogP contribution in [0.15, 0.2) is 114 Å². The van der Waals surface area contributed by atoms with E-state index in [1.54, 1.807) is 24.3 Å². The molecule has 6 atom stereocenters. The zero-order chi connectivity index (χ0) is 44.7. The SMILES string of the molecule is C=CCO[C@@]12Oc3ccc(Oc4cccc([N+](=O)[O-])c4)cc3[C@H]3[C@H](CCCCO)[C@@H](CCCCO)C=C(C(=NOC(C)(C)C)C[C@@H]1N(CCC)C(=O)c1ccc4ccccc4c1)[C@H]32. The Morgan fingerprint density at radius 2 is 1.71 bits per heavy atom. The molecule has 2 N–H and O–H groups in total. The molecule has 0 spiro atoms. The Bertz CT molecular complexity index is 2340. The number of fused-ring (bicyclic) bond motifs is 3. The monoisotopic (exact) mass is 859 g/mol. The number of non-ortho nitro benzene ring substituents is 1. The molecule has 12 heteroatoms. The van der Waals surface area contributed by atoms with Crippen molar-refractivity contribution in [3.8, 4) is 17.2 Å². The summed E-state index contributed by atoms with van der Waals surface area (Å²) < 4.78 is 20.9. The number of oxime groups is 1. The average molecular weight is 860 g/mol. The lowest BCUT2D eigenvalue weighted by Crippen LogP contribution is -2.70. The normalized spacial score (nSPS) is 23.2. The van der Waals surface area contributed by atoms with Crippen molar-refractivity contribution in [2.24, 2.45) is 22.9 Å². The number of nitro benzene ring substituents is 1. The van der Waals surface area contributed by atoms with E-state index in [1.807, 2.05) is 80.3 Å². The highest BCUT2D eigenvalue weighted by Gasteiger charge is 2.65. The van der Waals surface area contributed by atoms with Crippen molar-refractivity contribution in [1.29, 1.82) is 0 Å². The van der Waals surface area contributed by atoms with Crippen LogP contribution in [0.25, 0.3) is 10.8 Å². The van der Waals surface area contributed by atoms with Gasteiger partial charge in [-0.1, -0.05) is 73.5 Å². The fourth-order valence-electron chi connectivity index (χ4n) is 9.83. The molecule has 0 bridgehead atoms. The number of benzene rings is 4. The molecular weight excluding hydrogens is 799 g/mol. The Labute approximate surface area is 370 Å². The van der Waals surface area contributed by atoms with Crippen molar-refractivity contribution in [2.75, 3.05) is 26.4 Å². The second kappa shape index (κ2) is 19.9. The molecule has 0 unspecified atom stereocenters. The number of aliphatic hydroxyl groups is 2. The Hall–Kier alpha value is -5.56. The van der Waals surface area contributed by atoms with Gasteiger partial charge in [-0.05, 0) is 117 Å². The first-order valence-corrected chi connectivity index (χ1v) is 22.4. The fourth-order valence-corrected chi connectivity index (χ4v) is 9.83. The average Bonchev–Trinajstić information content (AvgIpc) is 3.27. The van der Waals surface area contributed by atoms with Gasteiger partial charge in [0.1, 0.15) is 28.9 Å². The first-order valence-electron chi connectivity index (χ1n) is 22.4. The molecule has 2 aliphatic carbocycles. The number of carbonyl (C=O) groups is 1. The molecular formula is C51H61N3O9. The molecule has 1 saturated carbocycles. The van der Waals surface area contributed by atoms with Gasteiger partial charge in [0.05, 0.1) is 29.2 Å². The number of aliphatic hydroxyl groups excluding tert-OH is 2. The maximum atomic E-state index is 15.2. The molecule has 4 aromatic carbocycles. The van der Waals surface area contributed by atoms with Crippen LogP contribution < -0.4 is 9.47 Å². The summed E-state index contributed by atoms with van der Waals surface area (Å²) in [5, 5.41) is 38.6. The summed E-state index contributed by atoms with van der Waals surface area (Å²) in [4.78, 5) is 34.6. The molecule has 0 aromatic heterocycles. The minimum absolute atomic E-state index is 0.00533. The lowest BCUT2D eigenvalue weighted by atomic mass is 9.55. The molecule has 1 heterocycles. The van der Waals surface area contributed by atoms with Gasteiger partial charge in [0, 0.05) is 49.3 Å². The van der Waals surface area contributed by atoms with Crippen LogP contribution in [0.2, 0.25) is 0 Å². The number of allylic oxidation sites excluding steroid dienone is 1. The van der Waals surface area contributed by atoms with Crippen molar-refractivity contribution >= 4 is 28.1 Å². The second-order valence-electron chi connectivity index (χ2n) is 17.9. The summed E-state index contributed by atoms with van der Waals surface area (Å²) in [7, 11) is 0. The molecule has 3 aliphatic rings. The maximum Gasteiger partial charge on any atom is 0.273 e. The largest absolute Gasteiger partial charge is 0.459 e. The summed E-state index contributed by atoms with van der Waals surface area (Å²) >= 11 is 0. The van der Waals surface area contributed by atoms with Gasteiger partial charge in [-0.3, -0.25) is 14.9 Å². The summed E-state index contributed by atoms with van der Waals surface area (Å²) in [6, 6.07) is 24.9. The van der Waals surface area contributed by atoms with Crippen LogP contribution in [-0.4, -0.2) is 75.5 Å². The number of ether oxygens (including phenoxy) is 3. The Morgan fingerprint density at radius 3 is 2.43 bits per heavy atom. The lowest BCUT2D eigenvalue weighted by Gasteiger charge is -2.60. The van der Waals surface area contributed by atoms with Crippen LogP contribution in [0.5, 0.6) is 17.2 Å². The molecule has 334 valence electrons. The Balaban J connectivity index is 1.46. The molecule has 4 aromatic rings. The van der Waals surface area contributed by atoms with E-state index < -0.39 is 28.3 Å². The van der Waals surface area contributed by atoms with Gasteiger partial charge in [-0.2, -0.15) is 0 Å². The van der Waals surface area contributed by atoms with E-state index in [-0.39, 0.29) is 55.6 Å². The number of carbonyl (C=O) groups excluding carboxylic acids is 1. The van der Waals surface area contributed by atoms with Crippen molar-refractivity contribution in [2.45, 2.75) is 102 Å². The van der Waals surface area contributed by atoms with Crippen LogP contribution in [0.3, 0.4) is 0 Å². The van der Waals surface area contributed by atoms with Gasteiger partial charge < -0.3 is 34.2 Å². The third-order valence-corrected chi connectivity index (χ3v) is 12.4. The summed E-state index contributed by atoms with van der Waals surface area (Å²) in [6.45, 7) is 12.7. The predicted molar refractivity (Wildman–Crippen MR) is 244 cm³/mol. The topological polar surface area (TPSA) is 153 Å². The molecule has 1 fully saturated rings. The number of hydrogen-bond donors (Lipinski definition) is 2. The van der Waals surface area contributed by atoms with Crippen LogP contribution in [0.4, 0.5) is 5.69 Å². The van der Waals surface area contributed by atoms with Gasteiger partial charge in [0.2, 0.25) is 5.79 Å². The predicted octanol–water partition coefficient (Wildman–Crippen LogP) is 10.5. The van der Waals surface area contributed by atoms with Gasteiger partial charge in [-0.15, -0.1) is 6.58 Å². The number of hydrogen-bond acceptors (Lipinski definition) is 10. The van der Waals surface area contributed by atoms with E-state index in [1.165, 1.54) is 12.1 Å². The van der Waals surface area contributed by atoms with Crippen molar-refractivity contribution < 1.29 is 39.0 Å². The van der Waals surface area contributed by atoms with Crippen LogP contribution >= 0.6 is 0 Å². The first-order chi connectivity index (χ1) is 30.4. The smallest absolute Gasteiger partial charge is 0.273 e. The van der Waals surface area contributed by atoms with Crippen LogP contribution in [0.1, 0.15) is 101 Å². The van der Waals surface area contributed by atoms with E-state index in [9.17, 15) is 20.3 Å². The van der Waals surface area contributed by atoms with Crippen molar-refractivity contribution in [3.05, 3.63) is 130 Å². The molecule has 7 rings (SSSR count). The fraction of sp³-hybridized carbons (Fsp3) is 0.451. The van der Waals surface area contributed by atoms with Gasteiger partial charge >= 0.3 is 0 Å². The molecule has 1 amide bonds. The maximum absolute atomic E-state index is 15.2. The van der Waals surface area contributed by atoms with E-state index in [0.717, 1.165) is 47.6 Å². The minimum atomic E-state index is -1.42. The number of unbranched alkanes of at least 4 members (excludes halogenated alkanes) is 2. The summed E-state index contributed by atoms with van der Waals surface area (Å²) in [5.41, 5.74) is 2.39. The number of rotatable bonds is 19. The third-order valence-electron chi connectivity index (χ3n) is 12.4. The minimum Gasteiger partial charge on any atom is -0.459 e. The zero-order valence-electron chi connectivity index (χ0n) is 36.9. The number of amides is 1. The Morgan fingerprint density at radius 1 is 0.968 bits per heavy atom. The first kappa shape index (κ1) is 45.5. The van der Waals surface area contributed by atoms with Gasteiger partial charge in [0.15, 0.2) is 0 Å². The van der Waals surface area contributed by atoms with Gasteiger partial charge in [-0.25, -0.2) is 0 Å².